The zero-order valence-electron chi connectivity index (χ0n) is 10.9. The first kappa shape index (κ1) is 14.6. The fourth-order valence-corrected chi connectivity index (χ4v) is 2.23. The van der Waals surface area contributed by atoms with Crippen LogP contribution in [0.1, 0.15) is 39.0 Å². The molecule has 1 atom stereocenters. The third-order valence-electron chi connectivity index (χ3n) is 3.29. The van der Waals surface area contributed by atoms with E-state index >= 15 is 0 Å². The highest BCUT2D eigenvalue weighted by molar-refractivity contribution is 5.75. The van der Waals surface area contributed by atoms with Crippen molar-refractivity contribution >= 4 is 5.78 Å². The lowest BCUT2D eigenvalue weighted by atomic mass is 10.2. The summed E-state index contributed by atoms with van der Waals surface area (Å²) in [5.74, 6) is 0.188. The number of unbranched alkanes of at least 4 members (excludes halogenated alkanes) is 1. The molecule has 0 aromatic heterocycles. The highest BCUT2D eigenvalue weighted by atomic mass is 16.5. The highest BCUT2D eigenvalue weighted by Gasteiger charge is 2.22. The highest BCUT2D eigenvalue weighted by Crippen LogP contribution is 2.16. The quantitative estimate of drug-likeness (QED) is 0.619. The van der Waals surface area contributed by atoms with Crippen LogP contribution in [-0.2, 0) is 9.53 Å². The molecular weight excluding hydrogens is 218 g/mol. The molecule has 0 spiro atoms. The molecule has 1 aliphatic heterocycles. The zero-order valence-corrected chi connectivity index (χ0v) is 10.9. The van der Waals surface area contributed by atoms with E-state index in [9.17, 15) is 4.79 Å². The van der Waals surface area contributed by atoms with Crippen molar-refractivity contribution in [1.29, 1.82) is 0 Å². The molecule has 1 aliphatic rings. The molecule has 0 saturated carbocycles. The lowest BCUT2D eigenvalue weighted by Gasteiger charge is -2.22. The molecule has 0 aromatic carbocycles. The van der Waals surface area contributed by atoms with Gasteiger partial charge in [0, 0.05) is 19.1 Å². The Balaban J connectivity index is 1.92. The van der Waals surface area contributed by atoms with E-state index in [1.54, 1.807) is 6.92 Å². The standard InChI is InChI=1S/C13H25NO3/c1-12(16)6-10-17-9-3-2-7-14-8-4-5-13(14)11-15/h13,15H,2-11H2,1H3/t13-/m0/s1. The van der Waals surface area contributed by atoms with Gasteiger partial charge >= 0.3 is 0 Å². The number of nitrogens with zero attached hydrogens (tertiary/aromatic N) is 1. The van der Waals surface area contributed by atoms with Crippen molar-refractivity contribution < 1.29 is 14.6 Å². The molecule has 0 aromatic rings. The fourth-order valence-electron chi connectivity index (χ4n) is 2.23. The molecule has 17 heavy (non-hydrogen) atoms. The van der Waals surface area contributed by atoms with Crippen LogP contribution < -0.4 is 0 Å². The monoisotopic (exact) mass is 243 g/mol. The van der Waals surface area contributed by atoms with Crippen molar-refractivity contribution in [3.8, 4) is 0 Å². The minimum absolute atomic E-state index is 0.188. The summed E-state index contributed by atoms with van der Waals surface area (Å²) in [7, 11) is 0. The summed E-state index contributed by atoms with van der Waals surface area (Å²) >= 11 is 0. The summed E-state index contributed by atoms with van der Waals surface area (Å²) in [6, 6.07) is 0.383. The SMILES string of the molecule is CC(=O)CCOCCCCN1CCC[C@H]1CO. The Morgan fingerprint density at radius 3 is 2.94 bits per heavy atom. The Labute approximate surface area is 104 Å². The summed E-state index contributed by atoms with van der Waals surface area (Å²) in [6.45, 7) is 5.35. The van der Waals surface area contributed by atoms with Crippen LogP contribution in [0.2, 0.25) is 0 Å². The summed E-state index contributed by atoms with van der Waals surface area (Å²) < 4.78 is 5.37. The Morgan fingerprint density at radius 1 is 1.41 bits per heavy atom. The zero-order chi connectivity index (χ0) is 12.5. The van der Waals surface area contributed by atoms with Gasteiger partial charge in [-0.15, -0.1) is 0 Å². The van der Waals surface area contributed by atoms with Crippen molar-refractivity contribution in [1.82, 2.24) is 4.90 Å². The lowest BCUT2D eigenvalue weighted by Crippen LogP contribution is -2.33. The van der Waals surface area contributed by atoms with Crippen LogP contribution >= 0.6 is 0 Å². The Hall–Kier alpha value is -0.450. The molecule has 100 valence electrons. The van der Waals surface area contributed by atoms with E-state index in [4.69, 9.17) is 9.84 Å². The van der Waals surface area contributed by atoms with Gasteiger partial charge in [0.2, 0.25) is 0 Å². The van der Waals surface area contributed by atoms with E-state index < -0.39 is 0 Å². The largest absolute Gasteiger partial charge is 0.395 e. The molecule has 1 N–H and O–H groups in total. The number of carbonyl (C=O) groups excluding carboxylic acids is 1. The normalized spacial score (nSPS) is 20.9. The number of ketones is 1. The van der Waals surface area contributed by atoms with Crippen LogP contribution in [0, 0.1) is 0 Å². The maximum Gasteiger partial charge on any atom is 0.132 e. The molecule has 1 saturated heterocycles. The van der Waals surface area contributed by atoms with Crippen molar-refractivity contribution in [2.24, 2.45) is 0 Å². The van der Waals surface area contributed by atoms with Crippen molar-refractivity contribution in [2.75, 3.05) is 32.9 Å². The second-order valence-electron chi connectivity index (χ2n) is 4.79. The third kappa shape index (κ3) is 6.15. The average Bonchev–Trinajstić information content (AvgIpc) is 2.74. The predicted octanol–water partition coefficient (Wildman–Crippen LogP) is 1.22. The van der Waals surface area contributed by atoms with Crippen LogP contribution in [0.25, 0.3) is 0 Å². The molecule has 4 nitrogen and oxygen atoms in total. The van der Waals surface area contributed by atoms with Crippen molar-refractivity contribution in [2.45, 2.75) is 45.1 Å². The number of hydrogen-bond acceptors (Lipinski definition) is 4. The average molecular weight is 243 g/mol. The second-order valence-corrected chi connectivity index (χ2v) is 4.79. The first-order valence-electron chi connectivity index (χ1n) is 6.66. The van der Waals surface area contributed by atoms with Crippen LogP contribution in [0.5, 0.6) is 0 Å². The van der Waals surface area contributed by atoms with Crippen molar-refractivity contribution in [3.05, 3.63) is 0 Å². The number of ether oxygens (including phenoxy) is 1. The minimum atomic E-state index is 0.188. The van der Waals surface area contributed by atoms with Crippen molar-refractivity contribution in [3.63, 3.8) is 0 Å². The number of likely N-dealkylation sites (tertiary alicyclic amines) is 1. The molecule has 0 radical (unpaired) electrons. The Bertz CT molecular complexity index is 221. The number of Topliss-reactive ketones (excluding diaryl/α,β-unsaturated/α-hetero) is 1. The molecular formula is C13H25NO3. The van der Waals surface area contributed by atoms with Gasteiger partial charge in [-0.3, -0.25) is 9.69 Å². The molecule has 0 unspecified atom stereocenters. The van der Waals surface area contributed by atoms with Gasteiger partial charge in [0.15, 0.2) is 0 Å². The van der Waals surface area contributed by atoms with Gasteiger partial charge in [0.1, 0.15) is 5.78 Å². The van der Waals surface area contributed by atoms with Crippen LogP contribution in [0.3, 0.4) is 0 Å². The van der Waals surface area contributed by atoms with Crippen LogP contribution in [-0.4, -0.2) is 54.7 Å². The first-order valence-corrected chi connectivity index (χ1v) is 6.66. The number of aliphatic hydroxyl groups excluding tert-OH is 1. The smallest absolute Gasteiger partial charge is 0.132 e. The minimum Gasteiger partial charge on any atom is -0.395 e. The maximum atomic E-state index is 10.7. The van der Waals surface area contributed by atoms with Gasteiger partial charge in [-0.1, -0.05) is 0 Å². The molecule has 1 rings (SSSR count). The van der Waals surface area contributed by atoms with E-state index in [2.05, 4.69) is 4.90 Å². The number of aliphatic hydroxyl groups is 1. The van der Waals surface area contributed by atoms with Crippen LogP contribution in [0.4, 0.5) is 0 Å². The Kier molecular flexibility index (Phi) is 7.40. The summed E-state index contributed by atoms with van der Waals surface area (Å²) in [4.78, 5) is 13.0. The van der Waals surface area contributed by atoms with E-state index in [0.717, 1.165) is 39.0 Å². The van der Waals surface area contributed by atoms with Gasteiger partial charge in [0.25, 0.3) is 0 Å². The number of hydrogen-bond donors (Lipinski definition) is 1. The number of carbonyl (C=O) groups is 1. The Morgan fingerprint density at radius 2 is 2.24 bits per heavy atom. The second kappa shape index (κ2) is 8.61. The predicted molar refractivity (Wildman–Crippen MR) is 67.0 cm³/mol. The summed E-state index contributed by atoms with van der Waals surface area (Å²) in [6.07, 6.45) is 5.01. The van der Waals surface area contributed by atoms with E-state index in [-0.39, 0.29) is 12.4 Å². The lowest BCUT2D eigenvalue weighted by molar-refractivity contribution is -0.118. The molecule has 0 aliphatic carbocycles. The molecule has 0 amide bonds. The molecule has 1 fully saturated rings. The summed E-state index contributed by atoms with van der Waals surface area (Å²) in [5, 5.41) is 9.16. The van der Waals surface area contributed by atoms with Gasteiger partial charge in [-0.25, -0.2) is 0 Å². The van der Waals surface area contributed by atoms with Gasteiger partial charge in [0.05, 0.1) is 13.2 Å². The summed E-state index contributed by atoms with van der Waals surface area (Å²) in [5.41, 5.74) is 0. The van der Waals surface area contributed by atoms with E-state index in [1.807, 2.05) is 0 Å². The maximum absolute atomic E-state index is 10.7. The van der Waals surface area contributed by atoms with E-state index in [0.29, 0.717) is 19.1 Å². The molecule has 1 heterocycles. The van der Waals surface area contributed by atoms with E-state index in [1.165, 1.54) is 6.42 Å². The first-order chi connectivity index (χ1) is 8.24. The van der Waals surface area contributed by atoms with Gasteiger partial charge in [-0.05, 0) is 45.7 Å². The fraction of sp³-hybridized carbons (Fsp3) is 0.923. The topological polar surface area (TPSA) is 49.8 Å². The molecule has 0 bridgehead atoms. The van der Waals surface area contributed by atoms with Gasteiger partial charge < -0.3 is 9.84 Å². The third-order valence-corrected chi connectivity index (χ3v) is 3.29. The number of rotatable bonds is 9. The van der Waals surface area contributed by atoms with Gasteiger partial charge in [-0.2, -0.15) is 0 Å². The molecule has 4 heteroatoms. The van der Waals surface area contributed by atoms with Crippen LogP contribution in [0.15, 0.2) is 0 Å².